The summed E-state index contributed by atoms with van der Waals surface area (Å²) >= 11 is 0. The van der Waals surface area contributed by atoms with Crippen LogP contribution in [0.3, 0.4) is 0 Å². The van der Waals surface area contributed by atoms with Gasteiger partial charge in [0.2, 0.25) is 5.91 Å². The number of carbonyl (C=O) groups is 1. The van der Waals surface area contributed by atoms with Gasteiger partial charge >= 0.3 is 0 Å². The molecule has 0 atom stereocenters. The van der Waals surface area contributed by atoms with Gasteiger partial charge in [-0.1, -0.05) is 13.8 Å². The van der Waals surface area contributed by atoms with E-state index in [2.05, 4.69) is 5.32 Å². The molecule has 14 heavy (non-hydrogen) atoms. The number of anilines is 1. The first-order valence-electron chi connectivity index (χ1n) is 4.61. The molecule has 0 aliphatic heterocycles. The molecular formula is C11H15NO2. The summed E-state index contributed by atoms with van der Waals surface area (Å²) in [5.41, 5.74) is 1.57. The van der Waals surface area contributed by atoms with E-state index in [4.69, 9.17) is 0 Å². The van der Waals surface area contributed by atoms with Crippen molar-refractivity contribution < 1.29 is 9.90 Å². The maximum Gasteiger partial charge on any atom is 0.221 e. The molecule has 0 saturated carbocycles. The first-order valence-corrected chi connectivity index (χ1v) is 4.61. The van der Waals surface area contributed by atoms with Crippen molar-refractivity contribution in [1.82, 2.24) is 0 Å². The number of hydrogen-bond donors (Lipinski definition) is 2. The van der Waals surface area contributed by atoms with E-state index in [1.54, 1.807) is 18.2 Å². The van der Waals surface area contributed by atoms with Gasteiger partial charge in [0.1, 0.15) is 5.75 Å². The number of benzene rings is 1. The molecule has 1 aromatic rings. The van der Waals surface area contributed by atoms with Crippen molar-refractivity contribution in [2.75, 3.05) is 5.32 Å². The highest BCUT2D eigenvalue weighted by molar-refractivity contribution is 5.88. The quantitative estimate of drug-likeness (QED) is 0.709. The molecule has 0 aliphatic carbocycles. The number of amides is 1. The number of phenolic OH excluding ortho intramolecular Hbond substituents is 1. The van der Waals surface area contributed by atoms with Crippen LogP contribution in [0.2, 0.25) is 0 Å². The number of aromatic hydroxyl groups is 1. The van der Waals surface area contributed by atoms with Crippen molar-refractivity contribution in [3.8, 4) is 5.75 Å². The Balaban J connectivity index is 3.00. The Bertz CT molecular complexity index is 345. The smallest absolute Gasteiger partial charge is 0.221 e. The molecule has 1 rings (SSSR count). The van der Waals surface area contributed by atoms with Crippen LogP contribution in [0.25, 0.3) is 0 Å². The zero-order valence-electron chi connectivity index (χ0n) is 8.66. The van der Waals surface area contributed by atoms with Gasteiger partial charge in [-0.3, -0.25) is 4.79 Å². The van der Waals surface area contributed by atoms with Crippen LogP contribution in [0.15, 0.2) is 18.2 Å². The summed E-state index contributed by atoms with van der Waals surface area (Å²) in [4.78, 5) is 10.8. The molecule has 2 N–H and O–H groups in total. The fraction of sp³-hybridized carbons (Fsp3) is 0.364. The predicted octanol–water partition coefficient (Wildman–Crippen LogP) is 2.47. The minimum Gasteiger partial charge on any atom is -0.508 e. The average molecular weight is 193 g/mol. The van der Waals surface area contributed by atoms with Gasteiger partial charge in [0.05, 0.1) is 0 Å². The molecule has 0 saturated heterocycles. The molecule has 0 radical (unpaired) electrons. The van der Waals surface area contributed by atoms with E-state index in [0.29, 0.717) is 0 Å². The largest absolute Gasteiger partial charge is 0.508 e. The molecule has 0 heterocycles. The van der Waals surface area contributed by atoms with Crippen LogP contribution in [-0.2, 0) is 4.79 Å². The minimum absolute atomic E-state index is 0.106. The highest BCUT2D eigenvalue weighted by Gasteiger charge is 2.06. The maximum absolute atomic E-state index is 10.8. The van der Waals surface area contributed by atoms with Gasteiger partial charge in [-0.05, 0) is 29.7 Å². The Hall–Kier alpha value is -1.51. The maximum atomic E-state index is 10.8. The summed E-state index contributed by atoms with van der Waals surface area (Å²) in [6.07, 6.45) is 0. The molecule has 0 spiro atoms. The number of hydrogen-bond acceptors (Lipinski definition) is 2. The summed E-state index contributed by atoms with van der Waals surface area (Å²) < 4.78 is 0. The van der Waals surface area contributed by atoms with E-state index >= 15 is 0 Å². The molecule has 0 bridgehead atoms. The SMILES string of the molecule is CC(=O)Nc1ccc(O)c(C(C)C)c1. The monoisotopic (exact) mass is 193 g/mol. The predicted molar refractivity (Wildman–Crippen MR) is 56.5 cm³/mol. The van der Waals surface area contributed by atoms with Gasteiger partial charge in [-0.15, -0.1) is 0 Å². The fourth-order valence-electron chi connectivity index (χ4n) is 1.30. The van der Waals surface area contributed by atoms with Crippen LogP contribution in [-0.4, -0.2) is 11.0 Å². The molecule has 0 aliphatic rings. The molecule has 0 aromatic heterocycles. The third kappa shape index (κ3) is 2.49. The second-order valence-corrected chi connectivity index (χ2v) is 3.61. The Labute approximate surface area is 83.8 Å². The topological polar surface area (TPSA) is 49.3 Å². The highest BCUT2D eigenvalue weighted by Crippen LogP contribution is 2.27. The minimum atomic E-state index is -0.106. The van der Waals surface area contributed by atoms with E-state index in [1.807, 2.05) is 13.8 Å². The first-order chi connectivity index (χ1) is 6.50. The lowest BCUT2D eigenvalue weighted by Gasteiger charge is -2.10. The Morgan fingerprint density at radius 3 is 2.57 bits per heavy atom. The molecule has 76 valence electrons. The second kappa shape index (κ2) is 4.13. The molecule has 3 nitrogen and oxygen atoms in total. The van der Waals surface area contributed by atoms with Crippen molar-refractivity contribution in [3.05, 3.63) is 23.8 Å². The Kier molecular flexibility index (Phi) is 3.12. The van der Waals surface area contributed by atoms with Crippen LogP contribution >= 0.6 is 0 Å². The van der Waals surface area contributed by atoms with Gasteiger partial charge < -0.3 is 10.4 Å². The van der Waals surface area contributed by atoms with Gasteiger partial charge in [-0.25, -0.2) is 0 Å². The molecule has 1 amide bonds. The first kappa shape index (κ1) is 10.6. The van der Waals surface area contributed by atoms with Crippen LogP contribution in [0.4, 0.5) is 5.69 Å². The van der Waals surface area contributed by atoms with Crippen molar-refractivity contribution in [2.24, 2.45) is 0 Å². The Morgan fingerprint density at radius 2 is 2.07 bits per heavy atom. The van der Waals surface area contributed by atoms with Crippen molar-refractivity contribution in [3.63, 3.8) is 0 Å². The lowest BCUT2D eigenvalue weighted by molar-refractivity contribution is -0.114. The van der Waals surface area contributed by atoms with Crippen LogP contribution in [0, 0.1) is 0 Å². The highest BCUT2D eigenvalue weighted by atomic mass is 16.3. The van der Waals surface area contributed by atoms with Gasteiger partial charge in [0.15, 0.2) is 0 Å². The molecule has 0 unspecified atom stereocenters. The zero-order valence-corrected chi connectivity index (χ0v) is 8.66. The van der Waals surface area contributed by atoms with Gasteiger partial charge in [-0.2, -0.15) is 0 Å². The summed E-state index contributed by atoms with van der Waals surface area (Å²) in [6, 6.07) is 5.07. The average Bonchev–Trinajstić information content (AvgIpc) is 2.07. The summed E-state index contributed by atoms with van der Waals surface area (Å²) in [7, 11) is 0. The zero-order chi connectivity index (χ0) is 10.7. The van der Waals surface area contributed by atoms with E-state index < -0.39 is 0 Å². The second-order valence-electron chi connectivity index (χ2n) is 3.61. The molecule has 0 fully saturated rings. The summed E-state index contributed by atoms with van der Waals surface area (Å²) in [5.74, 6) is 0.406. The lowest BCUT2D eigenvalue weighted by Crippen LogP contribution is -2.06. The van der Waals surface area contributed by atoms with Crippen molar-refractivity contribution in [2.45, 2.75) is 26.7 Å². The molecular weight excluding hydrogens is 178 g/mol. The summed E-state index contributed by atoms with van der Waals surface area (Å²) in [6.45, 7) is 5.45. The number of carbonyl (C=O) groups excluding carboxylic acids is 1. The van der Waals surface area contributed by atoms with Crippen LogP contribution in [0.1, 0.15) is 32.3 Å². The van der Waals surface area contributed by atoms with Gasteiger partial charge in [0.25, 0.3) is 0 Å². The third-order valence-electron chi connectivity index (χ3n) is 1.97. The lowest BCUT2D eigenvalue weighted by atomic mass is 10.0. The normalized spacial score (nSPS) is 10.3. The van der Waals surface area contributed by atoms with Crippen molar-refractivity contribution >= 4 is 11.6 Å². The number of rotatable bonds is 2. The van der Waals surface area contributed by atoms with E-state index in [-0.39, 0.29) is 17.6 Å². The Morgan fingerprint density at radius 1 is 1.43 bits per heavy atom. The number of phenols is 1. The van der Waals surface area contributed by atoms with E-state index in [1.165, 1.54) is 6.92 Å². The van der Waals surface area contributed by atoms with Crippen molar-refractivity contribution in [1.29, 1.82) is 0 Å². The molecule has 1 aromatic carbocycles. The van der Waals surface area contributed by atoms with E-state index in [0.717, 1.165) is 11.3 Å². The van der Waals surface area contributed by atoms with Crippen LogP contribution in [0.5, 0.6) is 5.75 Å². The van der Waals surface area contributed by atoms with E-state index in [9.17, 15) is 9.90 Å². The fourth-order valence-corrected chi connectivity index (χ4v) is 1.30. The summed E-state index contributed by atoms with van der Waals surface area (Å²) in [5, 5.41) is 12.2. The van der Waals surface area contributed by atoms with Gasteiger partial charge in [0, 0.05) is 12.6 Å². The molecule has 3 heteroatoms. The standard InChI is InChI=1S/C11H15NO2/c1-7(2)10-6-9(12-8(3)13)4-5-11(10)14/h4-7,14H,1-3H3,(H,12,13). The number of nitrogens with one attached hydrogen (secondary N) is 1. The van der Waals surface area contributed by atoms with Crippen LogP contribution < -0.4 is 5.32 Å². The third-order valence-corrected chi connectivity index (χ3v) is 1.97.